The molecule has 166 valence electrons. The largest absolute Gasteiger partial charge is 0.348 e. The summed E-state index contributed by atoms with van der Waals surface area (Å²) in [5.74, 6) is 7.05. The first-order chi connectivity index (χ1) is 16.6. The van der Waals surface area contributed by atoms with Crippen LogP contribution in [0.15, 0.2) is 90.3 Å². The van der Waals surface area contributed by atoms with Crippen LogP contribution in [0.5, 0.6) is 0 Å². The highest BCUT2D eigenvalue weighted by molar-refractivity contribution is 6.31. The number of fused-ring (bicyclic) bond motifs is 1. The number of rotatable bonds is 4. The molecule has 0 bridgehead atoms. The molecule has 3 aromatic heterocycles. The minimum Gasteiger partial charge on any atom is -0.348 e. The van der Waals surface area contributed by atoms with Crippen molar-refractivity contribution in [3.63, 3.8) is 0 Å². The fourth-order valence-corrected chi connectivity index (χ4v) is 3.83. The fraction of sp³-hybridized carbons (Fsp3) is 0.107. The summed E-state index contributed by atoms with van der Waals surface area (Å²) < 4.78 is 0. The van der Waals surface area contributed by atoms with Crippen LogP contribution in [-0.4, -0.2) is 19.9 Å². The molecule has 1 aliphatic rings. The first kappa shape index (κ1) is 21.7. The molecule has 3 heterocycles. The Morgan fingerprint density at radius 1 is 1.06 bits per heavy atom. The fourth-order valence-electron chi connectivity index (χ4n) is 3.68. The Balaban J connectivity index is 1.30. The number of hydrogen-bond acceptors (Lipinski definition) is 4. The van der Waals surface area contributed by atoms with E-state index in [1.807, 2.05) is 73.0 Å². The quantitative estimate of drug-likeness (QED) is 0.344. The Morgan fingerprint density at radius 2 is 2.00 bits per heavy atom. The number of anilines is 1. The van der Waals surface area contributed by atoms with Crippen molar-refractivity contribution < 1.29 is 0 Å². The molecule has 6 heteroatoms. The van der Waals surface area contributed by atoms with Crippen molar-refractivity contribution in [1.29, 1.82) is 0 Å². The van der Waals surface area contributed by atoms with Gasteiger partial charge in [0.25, 0.3) is 0 Å². The smallest absolute Gasteiger partial charge is 0.201 e. The van der Waals surface area contributed by atoms with Gasteiger partial charge in [-0.15, -0.1) is 0 Å². The number of pyridine rings is 2. The summed E-state index contributed by atoms with van der Waals surface area (Å²) in [6, 6.07) is 15.8. The lowest BCUT2D eigenvalue weighted by atomic mass is 10.0. The van der Waals surface area contributed by atoms with Crippen LogP contribution in [0.3, 0.4) is 0 Å². The molecule has 0 aliphatic heterocycles. The second-order valence-corrected chi connectivity index (χ2v) is 8.41. The van der Waals surface area contributed by atoms with Crippen molar-refractivity contribution >= 4 is 34.2 Å². The summed E-state index contributed by atoms with van der Waals surface area (Å²) in [6.45, 7) is 2.06. The lowest BCUT2D eigenvalue weighted by Crippen LogP contribution is -2.09. The van der Waals surface area contributed by atoms with Crippen LogP contribution < -0.4 is 5.32 Å². The van der Waals surface area contributed by atoms with Crippen molar-refractivity contribution in [1.82, 2.24) is 19.9 Å². The minimum absolute atomic E-state index is 0.0350. The number of aromatic nitrogens is 4. The average Bonchev–Trinajstić information content (AvgIpc) is 3.14. The number of hydrogen-bond donors (Lipinski definition) is 2. The maximum absolute atomic E-state index is 6.07. The molecule has 1 aliphatic carbocycles. The van der Waals surface area contributed by atoms with Gasteiger partial charge < -0.3 is 10.3 Å². The molecule has 5 rings (SSSR count). The van der Waals surface area contributed by atoms with E-state index < -0.39 is 0 Å². The topological polar surface area (TPSA) is 66.5 Å². The number of allylic oxidation sites excluding steroid dienone is 6. The predicted octanol–water partition coefficient (Wildman–Crippen LogP) is 6.39. The summed E-state index contributed by atoms with van der Waals surface area (Å²) in [4.78, 5) is 16.9. The van der Waals surface area contributed by atoms with Crippen molar-refractivity contribution in [3.05, 3.63) is 113 Å². The zero-order valence-corrected chi connectivity index (χ0v) is 19.3. The normalized spacial score (nSPS) is 13.9. The standard InChI is InChI=1S/C28H22ClN5/c1-19(25-7-2-3-16-30-25)32-28-33-26-15-9-20(17-27(26)34-28)8-13-24-14-11-22(18-31-24)21-5-4-6-23(29)12-10-21/h2-4,6-7,9-12,14-19H,5H2,1H3,(H2,32,33,34). The van der Waals surface area contributed by atoms with Gasteiger partial charge in [0.05, 0.1) is 22.8 Å². The maximum atomic E-state index is 6.07. The third-order valence-electron chi connectivity index (χ3n) is 5.49. The second kappa shape index (κ2) is 9.78. The molecule has 0 amide bonds. The van der Waals surface area contributed by atoms with Gasteiger partial charge in [-0.05, 0) is 79.0 Å². The number of imidazole rings is 1. The zero-order chi connectivity index (χ0) is 23.3. The number of benzene rings is 1. The highest BCUT2D eigenvalue weighted by atomic mass is 35.5. The van der Waals surface area contributed by atoms with Gasteiger partial charge >= 0.3 is 0 Å². The molecule has 1 unspecified atom stereocenters. The van der Waals surface area contributed by atoms with E-state index in [-0.39, 0.29) is 6.04 Å². The Kier molecular flexibility index (Phi) is 6.24. The van der Waals surface area contributed by atoms with Crippen molar-refractivity contribution in [2.45, 2.75) is 19.4 Å². The predicted molar refractivity (Wildman–Crippen MR) is 138 cm³/mol. The highest BCUT2D eigenvalue weighted by Gasteiger charge is 2.09. The van der Waals surface area contributed by atoms with E-state index in [9.17, 15) is 0 Å². The number of halogens is 1. The van der Waals surface area contributed by atoms with E-state index in [0.29, 0.717) is 5.95 Å². The van der Waals surface area contributed by atoms with E-state index in [0.717, 1.165) is 45.0 Å². The van der Waals surface area contributed by atoms with Crippen LogP contribution in [-0.2, 0) is 0 Å². The number of H-pyrrole nitrogens is 1. The van der Waals surface area contributed by atoms with E-state index >= 15 is 0 Å². The SMILES string of the molecule is CC(Nc1nc2ccc(C#Cc3ccc(C4=CC=C(Cl)C=CC4)cn3)cc2[nH]1)c1ccccn1. The van der Waals surface area contributed by atoms with Gasteiger partial charge in [0.2, 0.25) is 5.95 Å². The van der Waals surface area contributed by atoms with Gasteiger partial charge in [0.15, 0.2) is 0 Å². The third-order valence-corrected chi connectivity index (χ3v) is 5.75. The highest BCUT2D eigenvalue weighted by Crippen LogP contribution is 2.23. The molecule has 0 spiro atoms. The molecular formula is C28H22ClN5. The third kappa shape index (κ3) is 5.09. The molecule has 2 N–H and O–H groups in total. The van der Waals surface area contributed by atoms with Crippen LogP contribution in [0.1, 0.15) is 41.9 Å². The minimum atomic E-state index is 0.0350. The van der Waals surface area contributed by atoms with Crippen LogP contribution in [0.2, 0.25) is 0 Å². The van der Waals surface area contributed by atoms with Gasteiger partial charge in [0, 0.05) is 23.0 Å². The summed E-state index contributed by atoms with van der Waals surface area (Å²) >= 11 is 6.07. The van der Waals surface area contributed by atoms with Crippen LogP contribution >= 0.6 is 11.6 Å². The van der Waals surface area contributed by atoms with Gasteiger partial charge in [-0.1, -0.05) is 41.8 Å². The van der Waals surface area contributed by atoms with Crippen LogP contribution in [0, 0.1) is 11.8 Å². The van der Waals surface area contributed by atoms with Crippen LogP contribution in [0.25, 0.3) is 16.6 Å². The summed E-state index contributed by atoms with van der Waals surface area (Å²) in [5.41, 5.74) is 6.61. The van der Waals surface area contributed by atoms with Crippen molar-refractivity contribution in [2.24, 2.45) is 0 Å². The molecule has 5 nitrogen and oxygen atoms in total. The summed E-state index contributed by atoms with van der Waals surface area (Å²) in [6.07, 6.45) is 12.4. The molecule has 0 saturated carbocycles. The van der Waals surface area contributed by atoms with Crippen LogP contribution in [0.4, 0.5) is 5.95 Å². The van der Waals surface area contributed by atoms with E-state index in [1.54, 1.807) is 6.20 Å². The number of nitrogens with one attached hydrogen (secondary N) is 2. The van der Waals surface area contributed by atoms with E-state index in [2.05, 4.69) is 50.1 Å². The number of nitrogens with zero attached hydrogens (tertiary/aromatic N) is 3. The molecule has 1 atom stereocenters. The monoisotopic (exact) mass is 463 g/mol. The number of aromatic amines is 1. The molecule has 4 aromatic rings. The molecule has 1 aromatic carbocycles. The molecule has 0 saturated heterocycles. The van der Waals surface area contributed by atoms with Crippen molar-refractivity contribution in [3.8, 4) is 11.8 Å². The summed E-state index contributed by atoms with van der Waals surface area (Å²) in [7, 11) is 0. The van der Waals surface area contributed by atoms with E-state index in [1.165, 1.54) is 5.57 Å². The molecule has 34 heavy (non-hydrogen) atoms. The molecular weight excluding hydrogens is 442 g/mol. The Bertz CT molecular complexity index is 1470. The Morgan fingerprint density at radius 3 is 2.82 bits per heavy atom. The Labute approximate surface area is 203 Å². The second-order valence-electron chi connectivity index (χ2n) is 7.97. The first-order valence-electron chi connectivity index (χ1n) is 11.0. The van der Waals surface area contributed by atoms with Gasteiger partial charge in [-0.25, -0.2) is 9.97 Å². The lowest BCUT2D eigenvalue weighted by Gasteiger charge is -2.11. The molecule has 0 fully saturated rings. The Hall–Kier alpha value is -4.14. The lowest BCUT2D eigenvalue weighted by molar-refractivity contribution is 0.827. The maximum Gasteiger partial charge on any atom is 0.201 e. The zero-order valence-electron chi connectivity index (χ0n) is 18.6. The van der Waals surface area contributed by atoms with E-state index in [4.69, 9.17) is 11.6 Å². The van der Waals surface area contributed by atoms with Crippen molar-refractivity contribution in [2.75, 3.05) is 5.32 Å². The van der Waals surface area contributed by atoms with Gasteiger partial charge in [-0.3, -0.25) is 4.98 Å². The first-order valence-corrected chi connectivity index (χ1v) is 11.4. The van der Waals surface area contributed by atoms with Gasteiger partial charge in [-0.2, -0.15) is 0 Å². The molecule has 0 radical (unpaired) electrons. The average molecular weight is 464 g/mol. The summed E-state index contributed by atoms with van der Waals surface area (Å²) in [5, 5.41) is 4.10. The van der Waals surface area contributed by atoms with Gasteiger partial charge in [0.1, 0.15) is 5.69 Å².